The van der Waals surface area contributed by atoms with E-state index in [9.17, 15) is 4.39 Å². The first-order chi connectivity index (χ1) is 5.27. The molecule has 0 aliphatic rings. The highest BCUT2D eigenvalue weighted by Gasteiger charge is 2.04. The van der Waals surface area contributed by atoms with Gasteiger partial charge in [-0.15, -0.1) is 0 Å². The minimum Gasteiger partial charge on any atom is -0.342 e. The number of nitrogens with one attached hydrogen (secondary N) is 1. The zero-order valence-corrected chi connectivity index (χ0v) is 5.80. The Labute approximate surface area is 61.5 Å². The molecule has 0 spiro atoms. The molecule has 4 nitrogen and oxygen atoms in total. The van der Waals surface area contributed by atoms with E-state index in [0.29, 0.717) is 16.9 Å². The van der Waals surface area contributed by atoms with Crippen LogP contribution in [0.25, 0.3) is 11.2 Å². The molecule has 0 saturated carbocycles. The van der Waals surface area contributed by atoms with Crippen LogP contribution in [0.1, 0.15) is 5.69 Å². The Bertz CT molecular complexity index is 394. The third kappa shape index (κ3) is 0.849. The van der Waals surface area contributed by atoms with Crippen molar-refractivity contribution in [2.24, 2.45) is 0 Å². The topological polar surface area (TPSA) is 54.5 Å². The number of fused-ring (bicyclic) bond motifs is 1. The largest absolute Gasteiger partial charge is 0.342 e. The van der Waals surface area contributed by atoms with E-state index in [0.717, 1.165) is 0 Å². The van der Waals surface area contributed by atoms with Crippen LogP contribution in [0, 0.1) is 13.0 Å². The summed E-state index contributed by atoms with van der Waals surface area (Å²) in [5.41, 5.74) is 1.63. The third-order valence-corrected chi connectivity index (χ3v) is 1.44. The molecule has 0 bridgehead atoms. The van der Waals surface area contributed by atoms with Crippen LogP contribution in [0.5, 0.6) is 0 Å². The molecule has 0 aliphatic heterocycles. The van der Waals surface area contributed by atoms with Gasteiger partial charge in [-0.1, -0.05) is 0 Å². The van der Waals surface area contributed by atoms with Crippen LogP contribution in [0.4, 0.5) is 4.39 Å². The lowest BCUT2D eigenvalue weighted by atomic mass is 10.4. The van der Waals surface area contributed by atoms with Gasteiger partial charge in [0.2, 0.25) is 0 Å². The van der Waals surface area contributed by atoms with Gasteiger partial charge < -0.3 is 4.98 Å². The molecule has 0 saturated heterocycles. The molecule has 11 heavy (non-hydrogen) atoms. The highest BCUT2D eigenvalue weighted by molar-refractivity contribution is 5.71. The van der Waals surface area contributed by atoms with E-state index in [1.54, 1.807) is 6.92 Å². The summed E-state index contributed by atoms with van der Waals surface area (Å²) < 4.78 is 12.5. The average molecular weight is 152 g/mol. The van der Waals surface area contributed by atoms with Gasteiger partial charge in [0.25, 0.3) is 0 Å². The van der Waals surface area contributed by atoms with Crippen molar-refractivity contribution in [3.8, 4) is 0 Å². The summed E-state index contributed by atoms with van der Waals surface area (Å²) in [4.78, 5) is 13.6. The van der Waals surface area contributed by atoms with Crippen molar-refractivity contribution in [1.29, 1.82) is 0 Å². The second-order valence-electron chi connectivity index (χ2n) is 2.18. The lowest BCUT2D eigenvalue weighted by Gasteiger charge is -1.91. The average Bonchev–Trinajstić information content (AvgIpc) is 2.34. The van der Waals surface area contributed by atoms with Gasteiger partial charge in [-0.3, -0.25) is 0 Å². The first-order valence-corrected chi connectivity index (χ1v) is 3.10. The van der Waals surface area contributed by atoms with E-state index in [2.05, 4.69) is 19.9 Å². The fraction of sp³-hybridized carbons (Fsp3) is 0.167. The van der Waals surface area contributed by atoms with Crippen molar-refractivity contribution in [1.82, 2.24) is 19.9 Å². The number of rotatable bonds is 0. The molecule has 56 valence electrons. The number of aromatic amines is 1. The number of imidazole rings is 1. The second-order valence-corrected chi connectivity index (χ2v) is 2.18. The molecule has 2 aromatic rings. The Morgan fingerprint density at radius 1 is 1.45 bits per heavy atom. The zero-order valence-electron chi connectivity index (χ0n) is 5.80. The molecule has 0 fully saturated rings. The number of halogens is 1. The minimum atomic E-state index is -0.734. The maximum atomic E-state index is 12.5. The van der Waals surface area contributed by atoms with Crippen molar-refractivity contribution in [3.63, 3.8) is 0 Å². The molecule has 0 aromatic carbocycles. The van der Waals surface area contributed by atoms with Crippen LogP contribution >= 0.6 is 0 Å². The molecule has 0 aliphatic carbocycles. The summed E-state index contributed by atoms with van der Waals surface area (Å²) in [6.07, 6.45) is 0.730. The summed E-state index contributed by atoms with van der Waals surface area (Å²) in [5, 5.41) is 0. The molecule has 2 rings (SSSR count). The lowest BCUT2D eigenvalue weighted by molar-refractivity contribution is 0.540. The lowest BCUT2D eigenvalue weighted by Crippen LogP contribution is -1.92. The quantitative estimate of drug-likeness (QED) is 0.568. The second kappa shape index (κ2) is 1.98. The highest BCUT2D eigenvalue weighted by atomic mass is 19.1. The monoisotopic (exact) mass is 152 g/mol. The van der Waals surface area contributed by atoms with Gasteiger partial charge >= 0.3 is 6.08 Å². The molecular formula is C6H5FN4. The van der Waals surface area contributed by atoms with Crippen molar-refractivity contribution in [3.05, 3.63) is 18.1 Å². The van der Waals surface area contributed by atoms with E-state index < -0.39 is 6.08 Å². The SMILES string of the molecule is Cc1nc(F)nc2nc[nH]c12. The van der Waals surface area contributed by atoms with E-state index in [4.69, 9.17) is 0 Å². The summed E-state index contributed by atoms with van der Waals surface area (Å²) in [7, 11) is 0. The number of aryl methyl sites for hydroxylation is 1. The molecule has 2 aromatic heterocycles. The van der Waals surface area contributed by atoms with Crippen molar-refractivity contribution >= 4 is 11.2 Å². The number of H-pyrrole nitrogens is 1. The Morgan fingerprint density at radius 3 is 3.09 bits per heavy atom. The van der Waals surface area contributed by atoms with Gasteiger partial charge in [0.1, 0.15) is 5.52 Å². The predicted molar refractivity (Wildman–Crippen MR) is 36.4 cm³/mol. The Morgan fingerprint density at radius 2 is 2.27 bits per heavy atom. The van der Waals surface area contributed by atoms with Crippen LogP contribution in [0.15, 0.2) is 6.33 Å². The van der Waals surface area contributed by atoms with Crippen LogP contribution in [-0.2, 0) is 0 Å². The summed E-state index contributed by atoms with van der Waals surface area (Å²) in [5.74, 6) is 0. The predicted octanol–water partition coefficient (Wildman–Crippen LogP) is 0.800. The van der Waals surface area contributed by atoms with Gasteiger partial charge in [-0.2, -0.15) is 9.37 Å². The standard InChI is InChI=1S/C6H5FN4/c1-3-4-5(9-2-8-4)11-6(7)10-3/h2H,1H3,(H,8,9,10,11). The molecule has 1 N–H and O–H groups in total. The maximum Gasteiger partial charge on any atom is 0.310 e. The van der Waals surface area contributed by atoms with Crippen molar-refractivity contribution in [2.75, 3.05) is 0 Å². The Balaban J connectivity index is 2.91. The minimum absolute atomic E-state index is 0.370. The van der Waals surface area contributed by atoms with E-state index in [1.165, 1.54) is 6.33 Å². The first-order valence-electron chi connectivity index (χ1n) is 3.10. The van der Waals surface area contributed by atoms with Crippen molar-refractivity contribution < 1.29 is 4.39 Å². The normalized spacial score (nSPS) is 10.7. The van der Waals surface area contributed by atoms with Gasteiger partial charge in [0.05, 0.1) is 12.0 Å². The zero-order chi connectivity index (χ0) is 7.84. The van der Waals surface area contributed by atoms with Gasteiger partial charge in [-0.05, 0) is 6.92 Å². The Hall–Kier alpha value is -1.52. The van der Waals surface area contributed by atoms with E-state index in [-0.39, 0.29) is 0 Å². The number of aromatic nitrogens is 4. The summed E-state index contributed by atoms with van der Waals surface area (Å²) in [6.45, 7) is 1.70. The fourth-order valence-electron chi connectivity index (χ4n) is 0.945. The molecule has 2 heterocycles. The third-order valence-electron chi connectivity index (χ3n) is 1.44. The number of nitrogens with zero attached hydrogens (tertiary/aromatic N) is 3. The fourth-order valence-corrected chi connectivity index (χ4v) is 0.945. The number of hydrogen-bond acceptors (Lipinski definition) is 3. The van der Waals surface area contributed by atoms with Crippen LogP contribution in [-0.4, -0.2) is 19.9 Å². The smallest absolute Gasteiger partial charge is 0.310 e. The van der Waals surface area contributed by atoms with E-state index >= 15 is 0 Å². The molecule has 0 atom stereocenters. The van der Waals surface area contributed by atoms with Crippen LogP contribution in [0.2, 0.25) is 0 Å². The van der Waals surface area contributed by atoms with Crippen LogP contribution < -0.4 is 0 Å². The molecule has 5 heteroatoms. The molecular weight excluding hydrogens is 147 g/mol. The van der Waals surface area contributed by atoms with Gasteiger partial charge in [0, 0.05) is 0 Å². The van der Waals surface area contributed by atoms with E-state index in [1.807, 2.05) is 0 Å². The number of hydrogen-bond donors (Lipinski definition) is 1. The van der Waals surface area contributed by atoms with Gasteiger partial charge in [-0.25, -0.2) is 9.97 Å². The Kier molecular flexibility index (Phi) is 1.12. The molecule has 0 unspecified atom stereocenters. The first kappa shape index (κ1) is 6.21. The van der Waals surface area contributed by atoms with Crippen LogP contribution in [0.3, 0.4) is 0 Å². The molecule has 0 amide bonds. The highest BCUT2D eigenvalue weighted by Crippen LogP contribution is 2.08. The maximum absolute atomic E-state index is 12.5. The summed E-state index contributed by atoms with van der Waals surface area (Å²) in [6, 6.07) is 0. The van der Waals surface area contributed by atoms with Gasteiger partial charge in [0.15, 0.2) is 5.65 Å². The summed E-state index contributed by atoms with van der Waals surface area (Å²) >= 11 is 0. The van der Waals surface area contributed by atoms with Crippen molar-refractivity contribution in [2.45, 2.75) is 6.92 Å². The molecule has 0 radical (unpaired) electrons.